The molecule has 0 aliphatic carbocycles. The standard InChI is InChI=1S/C15H20N2O2S/c1-3-15(4-2)9-10-17(12-15)20(18,19)14-8-6-5-7-13(14)11-16/h5-8H,3-4,9-10,12H2,1-2H3. The second-order valence-electron chi connectivity index (χ2n) is 5.40. The van der Waals surface area contributed by atoms with Gasteiger partial charge in [0.1, 0.15) is 6.07 Å². The van der Waals surface area contributed by atoms with Crippen molar-refractivity contribution in [2.45, 2.75) is 38.0 Å². The number of nitrogens with zero attached hydrogens (tertiary/aromatic N) is 2. The fraction of sp³-hybridized carbons (Fsp3) is 0.533. The van der Waals surface area contributed by atoms with E-state index in [9.17, 15) is 8.42 Å². The average Bonchev–Trinajstić information content (AvgIpc) is 2.93. The second kappa shape index (κ2) is 5.55. The highest BCUT2D eigenvalue weighted by Crippen LogP contribution is 2.39. The van der Waals surface area contributed by atoms with Crippen LogP contribution in [0.15, 0.2) is 29.2 Å². The lowest BCUT2D eigenvalue weighted by Crippen LogP contribution is -2.32. The van der Waals surface area contributed by atoms with Gasteiger partial charge in [-0.1, -0.05) is 26.0 Å². The van der Waals surface area contributed by atoms with Gasteiger partial charge in [0.15, 0.2) is 0 Å². The summed E-state index contributed by atoms with van der Waals surface area (Å²) in [5.74, 6) is 0. The lowest BCUT2D eigenvalue weighted by atomic mass is 9.82. The van der Waals surface area contributed by atoms with E-state index in [1.54, 1.807) is 18.2 Å². The van der Waals surface area contributed by atoms with E-state index < -0.39 is 10.0 Å². The molecule has 1 aliphatic heterocycles. The van der Waals surface area contributed by atoms with E-state index in [0.717, 1.165) is 19.3 Å². The van der Waals surface area contributed by atoms with Gasteiger partial charge in [-0.05, 0) is 36.8 Å². The van der Waals surface area contributed by atoms with E-state index in [1.165, 1.54) is 10.4 Å². The van der Waals surface area contributed by atoms with Crippen molar-refractivity contribution in [3.8, 4) is 6.07 Å². The Morgan fingerprint density at radius 2 is 1.95 bits per heavy atom. The van der Waals surface area contributed by atoms with Crippen molar-refractivity contribution in [2.75, 3.05) is 13.1 Å². The van der Waals surface area contributed by atoms with Crippen molar-refractivity contribution < 1.29 is 8.42 Å². The topological polar surface area (TPSA) is 61.2 Å². The van der Waals surface area contributed by atoms with Crippen LogP contribution in [0.4, 0.5) is 0 Å². The molecule has 1 fully saturated rings. The van der Waals surface area contributed by atoms with Gasteiger partial charge in [-0.2, -0.15) is 9.57 Å². The third kappa shape index (κ3) is 2.46. The summed E-state index contributed by atoms with van der Waals surface area (Å²) in [4.78, 5) is 0.130. The molecule has 1 saturated heterocycles. The zero-order valence-electron chi connectivity index (χ0n) is 12.0. The molecule has 0 bridgehead atoms. The lowest BCUT2D eigenvalue weighted by Gasteiger charge is -2.26. The number of sulfonamides is 1. The van der Waals surface area contributed by atoms with Gasteiger partial charge >= 0.3 is 0 Å². The lowest BCUT2D eigenvalue weighted by molar-refractivity contribution is 0.279. The van der Waals surface area contributed by atoms with Gasteiger partial charge in [0, 0.05) is 13.1 Å². The number of rotatable bonds is 4. The summed E-state index contributed by atoms with van der Waals surface area (Å²) >= 11 is 0. The van der Waals surface area contributed by atoms with Gasteiger partial charge < -0.3 is 0 Å². The number of benzene rings is 1. The number of hydrogen-bond donors (Lipinski definition) is 0. The molecule has 1 heterocycles. The fourth-order valence-corrected chi connectivity index (χ4v) is 4.55. The molecule has 0 N–H and O–H groups in total. The minimum absolute atomic E-state index is 0.0919. The maximum atomic E-state index is 12.7. The Morgan fingerprint density at radius 3 is 2.50 bits per heavy atom. The zero-order chi connectivity index (χ0) is 14.8. The van der Waals surface area contributed by atoms with Crippen molar-refractivity contribution in [2.24, 2.45) is 5.41 Å². The summed E-state index contributed by atoms with van der Waals surface area (Å²) in [6.07, 6.45) is 2.86. The molecule has 0 radical (unpaired) electrons. The summed E-state index contributed by atoms with van der Waals surface area (Å²) in [5, 5.41) is 9.09. The second-order valence-corrected chi connectivity index (χ2v) is 7.31. The van der Waals surface area contributed by atoms with Crippen LogP contribution in [0.5, 0.6) is 0 Å². The van der Waals surface area contributed by atoms with Crippen LogP contribution in [0.3, 0.4) is 0 Å². The summed E-state index contributed by atoms with van der Waals surface area (Å²) < 4.78 is 27.0. The van der Waals surface area contributed by atoms with Gasteiger partial charge in [0.25, 0.3) is 0 Å². The molecule has 1 aliphatic rings. The quantitative estimate of drug-likeness (QED) is 0.857. The number of hydrogen-bond acceptors (Lipinski definition) is 3. The Balaban J connectivity index is 2.36. The van der Waals surface area contributed by atoms with Gasteiger partial charge in [-0.25, -0.2) is 8.42 Å². The number of nitriles is 1. The third-order valence-corrected chi connectivity index (χ3v) is 6.43. The van der Waals surface area contributed by atoms with Crippen molar-refractivity contribution in [3.05, 3.63) is 29.8 Å². The average molecular weight is 292 g/mol. The highest BCUT2D eigenvalue weighted by atomic mass is 32.2. The first-order valence-corrected chi connectivity index (χ1v) is 8.42. The minimum atomic E-state index is -3.56. The Morgan fingerprint density at radius 1 is 1.30 bits per heavy atom. The van der Waals surface area contributed by atoms with E-state index >= 15 is 0 Å². The van der Waals surface area contributed by atoms with Gasteiger partial charge in [-0.15, -0.1) is 0 Å². The molecule has 4 nitrogen and oxygen atoms in total. The summed E-state index contributed by atoms with van der Waals surface area (Å²) in [6.45, 7) is 5.33. The Labute approximate surface area is 121 Å². The molecule has 0 spiro atoms. The van der Waals surface area contributed by atoms with Crippen molar-refractivity contribution in [3.63, 3.8) is 0 Å². The first kappa shape index (κ1) is 15.0. The monoisotopic (exact) mass is 292 g/mol. The van der Waals surface area contributed by atoms with Crippen LogP contribution in [-0.4, -0.2) is 25.8 Å². The van der Waals surface area contributed by atoms with Crippen LogP contribution in [0.1, 0.15) is 38.7 Å². The predicted molar refractivity (Wildman–Crippen MR) is 77.5 cm³/mol. The first-order chi connectivity index (χ1) is 9.49. The molecule has 1 aromatic carbocycles. The molecule has 20 heavy (non-hydrogen) atoms. The highest BCUT2D eigenvalue weighted by molar-refractivity contribution is 7.89. The smallest absolute Gasteiger partial charge is 0.207 e. The SMILES string of the molecule is CCC1(CC)CCN(S(=O)(=O)c2ccccc2C#N)C1. The summed E-state index contributed by atoms with van der Waals surface area (Å²) in [5.41, 5.74) is 0.312. The maximum absolute atomic E-state index is 12.7. The molecule has 1 aromatic rings. The Bertz CT molecular complexity index is 628. The first-order valence-electron chi connectivity index (χ1n) is 6.98. The largest absolute Gasteiger partial charge is 0.244 e. The molecule has 0 atom stereocenters. The van der Waals surface area contributed by atoms with Crippen LogP contribution in [0.25, 0.3) is 0 Å². The van der Waals surface area contributed by atoms with Crippen molar-refractivity contribution >= 4 is 10.0 Å². The molecule has 2 rings (SSSR count). The van der Waals surface area contributed by atoms with Crippen LogP contribution in [-0.2, 0) is 10.0 Å². The van der Waals surface area contributed by atoms with E-state index in [0.29, 0.717) is 13.1 Å². The van der Waals surface area contributed by atoms with Crippen LogP contribution >= 0.6 is 0 Å². The predicted octanol–water partition coefficient (Wildman–Crippen LogP) is 2.76. The molecule has 0 amide bonds. The summed E-state index contributed by atoms with van der Waals surface area (Å²) in [7, 11) is -3.56. The zero-order valence-corrected chi connectivity index (χ0v) is 12.8. The normalized spacial score (nSPS) is 18.9. The van der Waals surface area contributed by atoms with Crippen LogP contribution in [0, 0.1) is 16.7 Å². The van der Waals surface area contributed by atoms with Gasteiger partial charge in [0.05, 0.1) is 10.5 Å². The summed E-state index contributed by atoms with van der Waals surface area (Å²) in [6, 6.07) is 8.39. The molecule has 108 valence electrons. The molecular formula is C15H20N2O2S. The third-order valence-electron chi connectivity index (χ3n) is 4.53. The molecule has 5 heteroatoms. The van der Waals surface area contributed by atoms with E-state index in [2.05, 4.69) is 13.8 Å². The molecule has 0 saturated carbocycles. The fourth-order valence-electron chi connectivity index (χ4n) is 2.85. The molecular weight excluding hydrogens is 272 g/mol. The van der Waals surface area contributed by atoms with Crippen LogP contribution in [0.2, 0.25) is 0 Å². The van der Waals surface area contributed by atoms with Gasteiger partial charge in [-0.3, -0.25) is 0 Å². The maximum Gasteiger partial charge on any atom is 0.244 e. The highest BCUT2D eigenvalue weighted by Gasteiger charge is 2.41. The van der Waals surface area contributed by atoms with Gasteiger partial charge in [0.2, 0.25) is 10.0 Å². The van der Waals surface area contributed by atoms with Crippen LogP contribution < -0.4 is 0 Å². The van der Waals surface area contributed by atoms with E-state index in [4.69, 9.17) is 5.26 Å². The van der Waals surface area contributed by atoms with Crippen molar-refractivity contribution in [1.29, 1.82) is 5.26 Å². The molecule has 0 aromatic heterocycles. The molecule has 0 unspecified atom stereocenters. The van der Waals surface area contributed by atoms with E-state index in [1.807, 2.05) is 6.07 Å². The van der Waals surface area contributed by atoms with E-state index in [-0.39, 0.29) is 15.9 Å². The minimum Gasteiger partial charge on any atom is -0.207 e. The Kier molecular flexibility index (Phi) is 4.17. The van der Waals surface area contributed by atoms with Crippen molar-refractivity contribution in [1.82, 2.24) is 4.31 Å². The Hall–Kier alpha value is -1.38.